The largest absolute Gasteiger partial charge is 0.573 e. The molecule has 0 N–H and O–H groups in total. The van der Waals surface area contributed by atoms with Gasteiger partial charge in [-0.3, -0.25) is 9.59 Å². The van der Waals surface area contributed by atoms with Gasteiger partial charge in [-0.15, -0.1) is 13.2 Å². The first-order chi connectivity index (χ1) is 13.0. The number of carbonyl (C=O) groups is 2. The van der Waals surface area contributed by atoms with E-state index in [9.17, 15) is 22.8 Å². The number of amides is 2. The van der Waals surface area contributed by atoms with Gasteiger partial charge in [0, 0.05) is 10.0 Å². The number of benzene rings is 1. The summed E-state index contributed by atoms with van der Waals surface area (Å²) in [6, 6.07) is 4.50. The van der Waals surface area contributed by atoms with E-state index in [0.29, 0.717) is 15.7 Å². The maximum atomic E-state index is 13.0. The first-order valence-electron chi connectivity index (χ1n) is 8.51. The van der Waals surface area contributed by atoms with Crippen LogP contribution in [0.3, 0.4) is 0 Å². The van der Waals surface area contributed by atoms with Gasteiger partial charge in [-0.25, -0.2) is 4.90 Å². The number of fused-ring (bicyclic) bond motifs is 1. The lowest BCUT2D eigenvalue weighted by atomic mass is 9.89. The molecule has 1 unspecified atom stereocenters. The van der Waals surface area contributed by atoms with Gasteiger partial charge in [0.15, 0.2) is 0 Å². The number of carbonyl (C=O) groups excluding carboxylic acids is 2. The lowest BCUT2D eigenvalue weighted by Crippen LogP contribution is -2.37. The van der Waals surface area contributed by atoms with Crippen LogP contribution in [0.25, 0.3) is 0 Å². The van der Waals surface area contributed by atoms with Crippen LogP contribution in [0.5, 0.6) is 0 Å². The highest BCUT2D eigenvalue weighted by Crippen LogP contribution is 2.68. The van der Waals surface area contributed by atoms with Gasteiger partial charge in [-0.05, 0) is 55.5 Å². The number of halogens is 5. The molecular formula is C19H14Cl2F3NO3. The minimum atomic E-state index is -4.75. The molecule has 1 aromatic rings. The Labute approximate surface area is 168 Å². The van der Waals surface area contributed by atoms with Gasteiger partial charge in [0.1, 0.15) is 5.76 Å². The van der Waals surface area contributed by atoms with E-state index in [1.165, 1.54) is 30.4 Å². The summed E-state index contributed by atoms with van der Waals surface area (Å²) >= 11 is 11.9. The summed E-state index contributed by atoms with van der Waals surface area (Å²) in [5, 5.41) is 0.617. The number of alkyl halides is 3. The number of hydrogen-bond donors (Lipinski definition) is 0. The zero-order valence-corrected chi connectivity index (χ0v) is 16.0. The first-order valence-corrected chi connectivity index (χ1v) is 9.26. The molecule has 1 saturated heterocycles. The Morgan fingerprint density at radius 3 is 2.29 bits per heavy atom. The van der Waals surface area contributed by atoms with Crippen LogP contribution in [0.1, 0.15) is 13.3 Å². The summed E-state index contributed by atoms with van der Waals surface area (Å²) in [6.45, 7) is 1.72. The van der Waals surface area contributed by atoms with Crippen LogP contribution in [-0.4, -0.2) is 18.2 Å². The Morgan fingerprint density at radius 2 is 1.82 bits per heavy atom. The average Bonchev–Trinajstić information content (AvgIpc) is 3.14. The van der Waals surface area contributed by atoms with E-state index in [2.05, 4.69) is 4.74 Å². The molecule has 1 heterocycles. The van der Waals surface area contributed by atoms with Crippen LogP contribution in [0.2, 0.25) is 10.0 Å². The minimum Gasteiger partial charge on any atom is -0.406 e. The fourth-order valence-electron chi connectivity index (χ4n) is 4.41. The molecule has 1 saturated carbocycles. The molecule has 4 nitrogen and oxygen atoms in total. The second-order valence-electron chi connectivity index (χ2n) is 7.31. The molecule has 148 valence electrons. The third-order valence-electron chi connectivity index (χ3n) is 5.64. The summed E-state index contributed by atoms with van der Waals surface area (Å²) < 4.78 is 40.8. The van der Waals surface area contributed by atoms with E-state index < -0.39 is 17.7 Å². The van der Waals surface area contributed by atoms with Gasteiger partial charge >= 0.3 is 6.36 Å². The molecule has 0 radical (unpaired) electrons. The van der Waals surface area contributed by atoms with E-state index >= 15 is 0 Å². The molecule has 2 aliphatic carbocycles. The van der Waals surface area contributed by atoms with E-state index in [4.69, 9.17) is 23.2 Å². The van der Waals surface area contributed by atoms with E-state index in [1.807, 2.05) is 0 Å². The Kier molecular flexibility index (Phi) is 4.32. The Bertz CT molecular complexity index is 923. The third kappa shape index (κ3) is 3.01. The number of piperidine rings is 1. The smallest absolute Gasteiger partial charge is 0.406 e. The second-order valence-corrected chi connectivity index (χ2v) is 8.18. The number of nitrogens with zero attached hydrogens (tertiary/aromatic N) is 1. The zero-order chi connectivity index (χ0) is 20.4. The van der Waals surface area contributed by atoms with Crippen LogP contribution in [0.15, 0.2) is 42.2 Å². The van der Waals surface area contributed by atoms with E-state index in [1.54, 1.807) is 13.0 Å². The van der Waals surface area contributed by atoms with Crippen molar-refractivity contribution < 1.29 is 27.5 Å². The number of ether oxygens (including phenoxy) is 1. The maximum Gasteiger partial charge on any atom is 0.573 e. The van der Waals surface area contributed by atoms with Gasteiger partial charge in [0.05, 0.1) is 17.0 Å². The van der Waals surface area contributed by atoms with Gasteiger partial charge in [0.25, 0.3) is 0 Å². The van der Waals surface area contributed by atoms with Crippen molar-refractivity contribution >= 4 is 40.7 Å². The van der Waals surface area contributed by atoms with Crippen LogP contribution >= 0.6 is 23.2 Å². The molecule has 2 fully saturated rings. The second kappa shape index (κ2) is 6.26. The molecule has 0 bridgehead atoms. The van der Waals surface area contributed by atoms with Crippen molar-refractivity contribution in [3.8, 4) is 0 Å². The predicted molar refractivity (Wildman–Crippen MR) is 96.5 cm³/mol. The first kappa shape index (κ1) is 19.3. The molecule has 1 aromatic carbocycles. The van der Waals surface area contributed by atoms with Crippen LogP contribution < -0.4 is 4.90 Å². The summed E-state index contributed by atoms with van der Waals surface area (Å²) in [7, 11) is 0. The number of anilines is 1. The highest BCUT2D eigenvalue weighted by Gasteiger charge is 2.77. The van der Waals surface area contributed by atoms with Crippen LogP contribution in [0, 0.1) is 23.2 Å². The Morgan fingerprint density at radius 1 is 1.18 bits per heavy atom. The van der Waals surface area contributed by atoms with Crippen molar-refractivity contribution in [2.24, 2.45) is 23.2 Å². The fraction of sp³-hybridized carbons (Fsp3) is 0.368. The van der Waals surface area contributed by atoms with Crippen molar-refractivity contribution in [2.45, 2.75) is 19.7 Å². The molecule has 28 heavy (non-hydrogen) atoms. The zero-order valence-electron chi connectivity index (χ0n) is 14.5. The molecule has 0 aromatic heterocycles. The normalized spacial score (nSPS) is 31.7. The maximum absolute atomic E-state index is 13.0. The van der Waals surface area contributed by atoms with E-state index in [-0.39, 0.29) is 35.8 Å². The lowest BCUT2D eigenvalue weighted by Gasteiger charge is -2.25. The van der Waals surface area contributed by atoms with E-state index in [0.717, 1.165) is 4.90 Å². The topological polar surface area (TPSA) is 46.6 Å². The lowest BCUT2D eigenvalue weighted by molar-refractivity contribution is -0.303. The van der Waals surface area contributed by atoms with Crippen LogP contribution in [0.4, 0.5) is 18.9 Å². The van der Waals surface area contributed by atoms with Crippen molar-refractivity contribution in [2.75, 3.05) is 4.90 Å². The molecule has 9 heteroatoms. The highest BCUT2D eigenvalue weighted by atomic mass is 35.5. The molecule has 4 atom stereocenters. The SMILES string of the molecule is C[C@@]12C(=O)N(c3cc(Cl)cc(Cl)c3)C(=O)[C@@H]1[C@@H]2C1C=CC(OC(F)(F)F)=CC1. The predicted octanol–water partition coefficient (Wildman–Crippen LogP) is 5.12. The molecule has 4 rings (SSSR count). The van der Waals surface area contributed by atoms with Gasteiger partial charge in [-0.2, -0.15) is 0 Å². The van der Waals surface area contributed by atoms with Crippen molar-refractivity contribution in [1.82, 2.24) is 0 Å². The Balaban J connectivity index is 1.52. The molecular weight excluding hydrogens is 418 g/mol. The number of allylic oxidation sites excluding steroid dienone is 3. The summed E-state index contributed by atoms with van der Waals surface area (Å²) in [6.07, 6.45) is -0.337. The highest BCUT2D eigenvalue weighted by molar-refractivity contribution is 6.36. The summed E-state index contributed by atoms with van der Waals surface area (Å²) in [5.74, 6) is -1.98. The fourth-order valence-corrected chi connectivity index (χ4v) is 4.92. The number of rotatable bonds is 3. The number of hydrogen-bond acceptors (Lipinski definition) is 3. The van der Waals surface area contributed by atoms with Crippen molar-refractivity contribution in [3.05, 3.63) is 52.2 Å². The molecule has 3 aliphatic rings. The minimum absolute atomic E-state index is 0.214. The summed E-state index contributed by atoms with van der Waals surface area (Å²) in [5.41, 5.74) is -0.573. The quantitative estimate of drug-likeness (QED) is 0.624. The number of imide groups is 1. The van der Waals surface area contributed by atoms with Crippen LogP contribution in [-0.2, 0) is 14.3 Å². The van der Waals surface area contributed by atoms with Gasteiger partial charge in [0.2, 0.25) is 11.8 Å². The Hall–Kier alpha value is -1.99. The van der Waals surface area contributed by atoms with Crippen molar-refractivity contribution in [1.29, 1.82) is 0 Å². The average molecular weight is 432 g/mol. The molecule has 0 spiro atoms. The van der Waals surface area contributed by atoms with Gasteiger partial charge < -0.3 is 4.74 Å². The third-order valence-corrected chi connectivity index (χ3v) is 6.07. The monoisotopic (exact) mass is 431 g/mol. The van der Waals surface area contributed by atoms with Crippen molar-refractivity contribution in [3.63, 3.8) is 0 Å². The molecule has 2 amide bonds. The van der Waals surface area contributed by atoms with Gasteiger partial charge in [-0.1, -0.05) is 29.3 Å². The standard InChI is InChI=1S/C19H14Cl2F3NO3/c1-18-14(9-2-4-13(5-3-9)28-19(22,23)24)15(18)16(26)25(17(18)27)12-7-10(20)6-11(21)8-12/h2,4-9,14-15H,3H2,1H3/t9?,14-,15-,18-/m0/s1. The summed E-state index contributed by atoms with van der Waals surface area (Å²) in [4.78, 5) is 27.0. The molecule has 1 aliphatic heterocycles.